The van der Waals surface area contributed by atoms with Gasteiger partial charge in [0.1, 0.15) is 11.6 Å². The molecule has 0 aliphatic heterocycles. The summed E-state index contributed by atoms with van der Waals surface area (Å²) >= 11 is 5.58. The standard InChI is InChI=1S/C14H9ClF2O2/c15-11-3-1-9(6-13(11)17)8-2-4-12(16)10(5-8)7-14(18)19/h1-6H,7H2,(H,18,19). The summed E-state index contributed by atoms with van der Waals surface area (Å²) in [6.45, 7) is 0. The molecule has 0 heterocycles. The van der Waals surface area contributed by atoms with Crippen LogP contribution in [0.25, 0.3) is 11.1 Å². The van der Waals surface area contributed by atoms with Crippen LogP contribution in [0.3, 0.4) is 0 Å². The molecule has 0 unspecified atom stereocenters. The summed E-state index contributed by atoms with van der Waals surface area (Å²) in [4.78, 5) is 10.6. The third-order valence-electron chi connectivity index (χ3n) is 2.64. The van der Waals surface area contributed by atoms with Crippen molar-refractivity contribution in [3.8, 4) is 11.1 Å². The van der Waals surface area contributed by atoms with Gasteiger partial charge in [0.2, 0.25) is 0 Å². The van der Waals surface area contributed by atoms with Gasteiger partial charge in [-0.25, -0.2) is 8.78 Å². The van der Waals surface area contributed by atoms with Gasteiger partial charge in [-0.2, -0.15) is 0 Å². The summed E-state index contributed by atoms with van der Waals surface area (Å²) in [5, 5.41) is 8.69. The van der Waals surface area contributed by atoms with Crippen molar-refractivity contribution in [1.29, 1.82) is 0 Å². The van der Waals surface area contributed by atoms with Gasteiger partial charge in [0.05, 0.1) is 11.4 Å². The highest BCUT2D eigenvalue weighted by atomic mass is 35.5. The number of rotatable bonds is 3. The van der Waals surface area contributed by atoms with E-state index in [9.17, 15) is 13.6 Å². The highest BCUT2D eigenvalue weighted by Crippen LogP contribution is 2.26. The zero-order chi connectivity index (χ0) is 14.0. The Kier molecular flexibility index (Phi) is 3.81. The molecule has 0 aromatic heterocycles. The Labute approximate surface area is 113 Å². The maximum atomic E-state index is 13.4. The van der Waals surface area contributed by atoms with Crippen LogP contribution < -0.4 is 0 Å². The van der Waals surface area contributed by atoms with E-state index in [-0.39, 0.29) is 10.6 Å². The number of carboxylic acids is 1. The third-order valence-corrected chi connectivity index (χ3v) is 2.95. The normalized spacial score (nSPS) is 10.5. The number of carbonyl (C=O) groups is 1. The number of aliphatic carboxylic acids is 1. The summed E-state index contributed by atoms with van der Waals surface area (Å²) in [5.74, 6) is -2.30. The second-order valence-electron chi connectivity index (χ2n) is 4.01. The van der Waals surface area contributed by atoms with E-state index in [4.69, 9.17) is 16.7 Å². The van der Waals surface area contributed by atoms with Gasteiger partial charge in [-0.1, -0.05) is 23.7 Å². The van der Waals surface area contributed by atoms with E-state index in [1.807, 2.05) is 0 Å². The lowest BCUT2D eigenvalue weighted by atomic mass is 10.0. The van der Waals surface area contributed by atoms with Gasteiger partial charge < -0.3 is 5.11 Å². The monoisotopic (exact) mass is 282 g/mol. The van der Waals surface area contributed by atoms with Gasteiger partial charge in [0, 0.05) is 0 Å². The lowest BCUT2D eigenvalue weighted by Gasteiger charge is -2.06. The molecule has 0 aliphatic carbocycles. The zero-order valence-corrected chi connectivity index (χ0v) is 10.4. The van der Waals surface area contributed by atoms with Crippen LogP contribution in [-0.4, -0.2) is 11.1 Å². The van der Waals surface area contributed by atoms with Crippen molar-refractivity contribution in [2.45, 2.75) is 6.42 Å². The number of hydrogen-bond donors (Lipinski definition) is 1. The molecule has 19 heavy (non-hydrogen) atoms. The third kappa shape index (κ3) is 3.09. The quantitative estimate of drug-likeness (QED) is 0.926. The van der Waals surface area contributed by atoms with E-state index in [1.54, 1.807) is 6.07 Å². The fraction of sp³-hybridized carbons (Fsp3) is 0.0714. The van der Waals surface area contributed by atoms with Gasteiger partial charge in [-0.05, 0) is 41.0 Å². The molecular formula is C14H9ClF2O2. The number of halogens is 3. The van der Waals surface area contributed by atoms with Gasteiger partial charge in [-0.3, -0.25) is 4.79 Å². The van der Waals surface area contributed by atoms with Crippen LogP contribution in [0.4, 0.5) is 8.78 Å². The van der Waals surface area contributed by atoms with Crippen molar-refractivity contribution in [2.75, 3.05) is 0 Å². The van der Waals surface area contributed by atoms with Crippen molar-refractivity contribution in [2.24, 2.45) is 0 Å². The molecule has 0 aliphatic rings. The molecule has 0 bridgehead atoms. The average molecular weight is 283 g/mol. The van der Waals surface area contributed by atoms with Gasteiger partial charge in [0.25, 0.3) is 0 Å². The fourth-order valence-corrected chi connectivity index (χ4v) is 1.85. The van der Waals surface area contributed by atoms with Crippen LogP contribution in [0.1, 0.15) is 5.56 Å². The predicted molar refractivity (Wildman–Crippen MR) is 68.1 cm³/mol. The minimum Gasteiger partial charge on any atom is -0.481 e. The van der Waals surface area contributed by atoms with Crippen LogP contribution in [0, 0.1) is 11.6 Å². The number of hydrogen-bond acceptors (Lipinski definition) is 1. The van der Waals surface area contributed by atoms with Crippen molar-refractivity contribution in [3.05, 3.63) is 58.6 Å². The van der Waals surface area contributed by atoms with Crippen LogP contribution in [0.5, 0.6) is 0 Å². The molecule has 2 rings (SSSR count). The van der Waals surface area contributed by atoms with E-state index >= 15 is 0 Å². The second kappa shape index (κ2) is 5.36. The van der Waals surface area contributed by atoms with Crippen LogP contribution in [0.2, 0.25) is 5.02 Å². The Balaban J connectivity index is 2.44. The number of benzene rings is 2. The van der Waals surface area contributed by atoms with Crippen molar-refractivity contribution in [1.82, 2.24) is 0 Å². The summed E-state index contributed by atoms with van der Waals surface area (Å²) in [6.07, 6.45) is -0.421. The van der Waals surface area contributed by atoms with Crippen molar-refractivity contribution >= 4 is 17.6 Å². The molecular weight excluding hydrogens is 274 g/mol. The Morgan fingerprint density at radius 1 is 1.05 bits per heavy atom. The molecule has 2 nitrogen and oxygen atoms in total. The average Bonchev–Trinajstić information content (AvgIpc) is 2.35. The molecule has 0 saturated carbocycles. The first-order valence-electron chi connectivity index (χ1n) is 5.43. The minimum atomic E-state index is -1.13. The van der Waals surface area contributed by atoms with Crippen LogP contribution in [-0.2, 0) is 11.2 Å². The molecule has 5 heteroatoms. The SMILES string of the molecule is O=C(O)Cc1cc(-c2ccc(Cl)c(F)c2)ccc1F. The minimum absolute atomic E-state index is 0.00313. The first-order valence-corrected chi connectivity index (χ1v) is 5.81. The Morgan fingerprint density at radius 2 is 1.68 bits per heavy atom. The maximum Gasteiger partial charge on any atom is 0.307 e. The molecule has 98 valence electrons. The van der Waals surface area contributed by atoms with E-state index < -0.39 is 24.0 Å². The molecule has 0 amide bonds. The van der Waals surface area contributed by atoms with E-state index in [0.717, 1.165) is 0 Å². The summed E-state index contributed by atoms with van der Waals surface area (Å²) < 4.78 is 26.8. The molecule has 0 atom stereocenters. The van der Waals surface area contributed by atoms with Gasteiger partial charge >= 0.3 is 5.97 Å². The predicted octanol–water partition coefficient (Wildman–Crippen LogP) is 3.91. The van der Waals surface area contributed by atoms with E-state index in [0.29, 0.717) is 11.1 Å². The maximum absolute atomic E-state index is 13.4. The smallest absolute Gasteiger partial charge is 0.307 e. The topological polar surface area (TPSA) is 37.3 Å². The van der Waals surface area contributed by atoms with Gasteiger partial charge in [0.15, 0.2) is 0 Å². The molecule has 0 radical (unpaired) electrons. The second-order valence-corrected chi connectivity index (χ2v) is 4.41. The van der Waals surface area contributed by atoms with Crippen LogP contribution >= 0.6 is 11.6 Å². The molecule has 0 fully saturated rings. The number of carboxylic acid groups (broad SMARTS) is 1. The largest absolute Gasteiger partial charge is 0.481 e. The van der Waals surface area contributed by atoms with Crippen molar-refractivity contribution in [3.63, 3.8) is 0 Å². The molecule has 2 aromatic rings. The molecule has 2 aromatic carbocycles. The lowest BCUT2D eigenvalue weighted by molar-refractivity contribution is -0.136. The Hall–Kier alpha value is -1.94. The van der Waals surface area contributed by atoms with Crippen molar-refractivity contribution < 1.29 is 18.7 Å². The first-order chi connectivity index (χ1) is 8.97. The van der Waals surface area contributed by atoms with E-state index in [2.05, 4.69) is 0 Å². The fourth-order valence-electron chi connectivity index (χ4n) is 1.73. The highest BCUT2D eigenvalue weighted by Gasteiger charge is 2.10. The summed E-state index contributed by atoms with van der Waals surface area (Å²) in [5.41, 5.74) is 1.10. The molecule has 0 spiro atoms. The Bertz CT molecular complexity index is 641. The van der Waals surface area contributed by atoms with Crippen LogP contribution in [0.15, 0.2) is 36.4 Å². The Morgan fingerprint density at radius 3 is 2.32 bits per heavy atom. The molecule has 0 saturated heterocycles. The first kappa shape index (κ1) is 13.5. The summed E-state index contributed by atoms with van der Waals surface area (Å²) in [7, 11) is 0. The molecule has 1 N–H and O–H groups in total. The zero-order valence-electron chi connectivity index (χ0n) is 9.66. The summed E-state index contributed by atoms with van der Waals surface area (Å²) in [6, 6.07) is 8.23. The van der Waals surface area contributed by atoms with E-state index in [1.165, 1.54) is 30.3 Å². The highest BCUT2D eigenvalue weighted by molar-refractivity contribution is 6.30. The lowest BCUT2D eigenvalue weighted by Crippen LogP contribution is -2.02. The van der Waals surface area contributed by atoms with Gasteiger partial charge in [-0.15, -0.1) is 0 Å².